The van der Waals surface area contributed by atoms with Gasteiger partial charge >= 0.3 is 5.97 Å². The minimum Gasteiger partial charge on any atom is -0.493 e. The van der Waals surface area contributed by atoms with Gasteiger partial charge < -0.3 is 14.6 Å². The number of benzene rings is 1. The number of para-hydroxylation sites is 1. The summed E-state index contributed by atoms with van der Waals surface area (Å²) in [6.07, 6.45) is 0. The van der Waals surface area contributed by atoms with Crippen molar-refractivity contribution in [2.75, 3.05) is 14.2 Å². The summed E-state index contributed by atoms with van der Waals surface area (Å²) in [6.45, 7) is 0. The van der Waals surface area contributed by atoms with Crippen molar-refractivity contribution in [3.05, 3.63) is 29.4 Å². The molecular formula is C12H11NO4S. The van der Waals surface area contributed by atoms with Crippen LogP contribution in [0.5, 0.6) is 11.5 Å². The molecule has 0 fully saturated rings. The van der Waals surface area contributed by atoms with Gasteiger partial charge in [-0.25, -0.2) is 9.78 Å². The van der Waals surface area contributed by atoms with Crippen molar-refractivity contribution in [3.63, 3.8) is 0 Å². The molecule has 0 aliphatic carbocycles. The van der Waals surface area contributed by atoms with Crippen LogP contribution in [0, 0.1) is 0 Å². The van der Waals surface area contributed by atoms with E-state index < -0.39 is 5.97 Å². The Morgan fingerprint density at radius 1 is 1.33 bits per heavy atom. The number of carbonyl (C=O) groups is 1. The maximum Gasteiger partial charge on any atom is 0.356 e. The smallest absolute Gasteiger partial charge is 0.356 e. The topological polar surface area (TPSA) is 68.7 Å². The predicted molar refractivity (Wildman–Crippen MR) is 67.6 cm³/mol. The molecular weight excluding hydrogens is 254 g/mol. The van der Waals surface area contributed by atoms with Crippen LogP contribution in [0.4, 0.5) is 0 Å². The highest BCUT2D eigenvalue weighted by atomic mass is 32.1. The average molecular weight is 265 g/mol. The van der Waals surface area contributed by atoms with Crippen molar-refractivity contribution in [2.24, 2.45) is 0 Å². The third-order valence-corrected chi connectivity index (χ3v) is 3.28. The molecule has 0 radical (unpaired) electrons. The lowest BCUT2D eigenvalue weighted by molar-refractivity contribution is 0.0692. The summed E-state index contributed by atoms with van der Waals surface area (Å²) in [6, 6.07) is 5.31. The van der Waals surface area contributed by atoms with Gasteiger partial charge in [-0.3, -0.25) is 0 Å². The second-order valence-electron chi connectivity index (χ2n) is 3.38. The monoisotopic (exact) mass is 265 g/mol. The van der Waals surface area contributed by atoms with Gasteiger partial charge in [-0.15, -0.1) is 11.3 Å². The molecule has 2 aromatic rings. The van der Waals surface area contributed by atoms with Crippen LogP contribution in [0.25, 0.3) is 10.4 Å². The number of ether oxygens (including phenoxy) is 2. The Morgan fingerprint density at radius 3 is 2.72 bits per heavy atom. The SMILES string of the molecule is COc1cccc(-c2scnc2C(=O)O)c1OC. The van der Waals surface area contributed by atoms with Gasteiger partial charge in [0.05, 0.1) is 24.6 Å². The fourth-order valence-electron chi connectivity index (χ4n) is 1.66. The average Bonchev–Trinajstić information content (AvgIpc) is 2.86. The van der Waals surface area contributed by atoms with Crippen LogP contribution in [0.1, 0.15) is 10.5 Å². The fraction of sp³-hybridized carbons (Fsp3) is 0.167. The summed E-state index contributed by atoms with van der Waals surface area (Å²) in [5.41, 5.74) is 2.18. The Kier molecular flexibility index (Phi) is 3.47. The lowest BCUT2D eigenvalue weighted by Gasteiger charge is -2.11. The molecule has 1 aromatic heterocycles. The number of aromatic carboxylic acids is 1. The van der Waals surface area contributed by atoms with Crippen LogP contribution < -0.4 is 9.47 Å². The first kappa shape index (κ1) is 12.4. The van der Waals surface area contributed by atoms with Crippen molar-refractivity contribution in [3.8, 4) is 21.9 Å². The molecule has 0 atom stereocenters. The van der Waals surface area contributed by atoms with E-state index in [2.05, 4.69) is 4.98 Å². The standard InChI is InChI=1S/C12H11NO4S/c1-16-8-5-3-4-7(10(8)17-2)11-9(12(14)15)13-6-18-11/h3-6H,1-2H3,(H,14,15). The molecule has 1 N–H and O–H groups in total. The van der Waals surface area contributed by atoms with Crippen molar-refractivity contribution in [2.45, 2.75) is 0 Å². The second-order valence-corrected chi connectivity index (χ2v) is 4.23. The number of hydrogen-bond donors (Lipinski definition) is 1. The Labute approximate surface area is 108 Å². The molecule has 0 aliphatic heterocycles. The number of rotatable bonds is 4. The van der Waals surface area contributed by atoms with Gasteiger partial charge in [0.15, 0.2) is 17.2 Å². The molecule has 0 bridgehead atoms. The van der Waals surface area contributed by atoms with Crippen LogP contribution in [-0.4, -0.2) is 30.3 Å². The first-order valence-corrected chi connectivity index (χ1v) is 5.95. The van der Waals surface area contributed by atoms with E-state index in [-0.39, 0.29) is 5.69 Å². The summed E-state index contributed by atoms with van der Waals surface area (Å²) in [7, 11) is 3.05. The molecule has 0 aliphatic rings. The van der Waals surface area contributed by atoms with Crippen molar-refractivity contribution >= 4 is 17.3 Å². The van der Waals surface area contributed by atoms with Crippen molar-refractivity contribution in [1.82, 2.24) is 4.98 Å². The zero-order valence-corrected chi connectivity index (χ0v) is 10.7. The van der Waals surface area contributed by atoms with Crippen LogP contribution in [0.2, 0.25) is 0 Å². The number of carboxylic acids is 1. The molecule has 0 unspecified atom stereocenters. The highest BCUT2D eigenvalue weighted by Crippen LogP contribution is 2.40. The van der Waals surface area contributed by atoms with Gasteiger partial charge in [0.2, 0.25) is 0 Å². The van der Waals surface area contributed by atoms with Gasteiger partial charge in [0.1, 0.15) is 0 Å². The molecule has 0 amide bonds. The van der Waals surface area contributed by atoms with Crippen LogP contribution in [-0.2, 0) is 0 Å². The third-order valence-electron chi connectivity index (χ3n) is 2.42. The van der Waals surface area contributed by atoms with E-state index >= 15 is 0 Å². The lowest BCUT2D eigenvalue weighted by atomic mass is 10.1. The first-order valence-electron chi connectivity index (χ1n) is 5.07. The van der Waals surface area contributed by atoms with E-state index in [0.29, 0.717) is 21.9 Å². The van der Waals surface area contributed by atoms with Gasteiger partial charge in [-0.1, -0.05) is 6.07 Å². The maximum atomic E-state index is 11.1. The van der Waals surface area contributed by atoms with E-state index in [1.165, 1.54) is 31.1 Å². The number of carboxylic acid groups (broad SMARTS) is 1. The Bertz CT molecular complexity index is 579. The summed E-state index contributed by atoms with van der Waals surface area (Å²) in [5.74, 6) is 0.00242. The molecule has 5 nitrogen and oxygen atoms in total. The molecule has 6 heteroatoms. The van der Waals surface area contributed by atoms with Crippen molar-refractivity contribution < 1.29 is 19.4 Å². The maximum absolute atomic E-state index is 11.1. The Balaban J connectivity index is 2.63. The predicted octanol–water partition coefficient (Wildman–Crippen LogP) is 2.53. The quantitative estimate of drug-likeness (QED) is 0.920. The highest BCUT2D eigenvalue weighted by Gasteiger charge is 2.20. The molecule has 18 heavy (non-hydrogen) atoms. The summed E-state index contributed by atoms with van der Waals surface area (Å²) < 4.78 is 10.5. The lowest BCUT2D eigenvalue weighted by Crippen LogP contribution is -1.99. The van der Waals surface area contributed by atoms with E-state index in [1.807, 2.05) is 0 Å². The van der Waals surface area contributed by atoms with Crippen LogP contribution >= 0.6 is 11.3 Å². The third kappa shape index (κ3) is 2.02. The normalized spacial score (nSPS) is 10.1. The van der Waals surface area contributed by atoms with Gasteiger partial charge in [0.25, 0.3) is 0 Å². The van der Waals surface area contributed by atoms with E-state index in [9.17, 15) is 4.79 Å². The summed E-state index contributed by atoms with van der Waals surface area (Å²) in [5, 5.41) is 9.08. The summed E-state index contributed by atoms with van der Waals surface area (Å²) in [4.78, 5) is 15.5. The Hall–Kier alpha value is -2.08. The van der Waals surface area contributed by atoms with E-state index in [1.54, 1.807) is 18.2 Å². The largest absolute Gasteiger partial charge is 0.493 e. The molecule has 0 spiro atoms. The van der Waals surface area contributed by atoms with Gasteiger partial charge in [-0.2, -0.15) is 0 Å². The minimum absolute atomic E-state index is 0.0200. The molecule has 0 saturated heterocycles. The Morgan fingerprint density at radius 2 is 2.11 bits per heavy atom. The van der Waals surface area contributed by atoms with Crippen LogP contribution in [0.3, 0.4) is 0 Å². The fourth-order valence-corrected chi connectivity index (χ4v) is 2.46. The highest BCUT2D eigenvalue weighted by molar-refractivity contribution is 7.13. The number of hydrogen-bond acceptors (Lipinski definition) is 5. The molecule has 94 valence electrons. The number of methoxy groups -OCH3 is 2. The van der Waals surface area contributed by atoms with Gasteiger partial charge in [0, 0.05) is 5.56 Å². The zero-order chi connectivity index (χ0) is 13.1. The van der Waals surface area contributed by atoms with E-state index in [0.717, 1.165) is 0 Å². The number of aromatic nitrogens is 1. The molecule has 1 heterocycles. The van der Waals surface area contributed by atoms with Gasteiger partial charge in [-0.05, 0) is 12.1 Å². The second kappa shape index (κ2) is 5.05. The first-order chi connectivity index (χ1) is 8.69. The number of thiazole rings is 1. The molecule has 1 aromatic carbocycles. The molecule has 0 saturated carbocycles. The molecule has 2 rings (SSSR count). The number of nitrogens with zero attached hydrogens (tertiary/aromatic N) is 1. The minimum atomic E-state index is -1.06. The van der Waals surface area contributed by atoms with Crippen molar-refractivity contribution in [1.29, 1.82) is 0 Å². The van der Waals surface area contributed by atoms with E-state index in [4.69, 9.17) is 14.6 Å². The van der Waals surface area contributed by atoms with Crippen LogP contribution in [0.15, 0.2) is 23.7 Å². The zero-order valence-electron chi connectivity index (χ0n) is 9.84. The summed E-state index contributed by atoms with van der Waals surface area (Å²) >= 11 is 1.25.